The maximum Gasteiger partial charge on any atom is 0.257 e. The maximum absolute atomic E-state index is 14.2. The third-order valence-corrected chi connectivity index (χ3v) is 6.61. The number of hydrogen-bond acceptors (Lipinski definition) is 6. The standard InChI is InChI=1S/C23H29FN6O/c1-27-12-14-28(15-13-27)21-18-16-30(22(31)17-6-2-3-7-19(17)24)11-8-20(18)25-23(26-21)29-9-4-5-10-29/h2-3,6-7H,4-5,8-16H2,1H3. The highest BCUT2D eigenvalue weighted by molar-refractivity contribution is 5.94. The molecule has 7 nitrogen and oxygen atoms in total. The van der Waals surface area contributed by atoms with Crippen LogP contribution in [0.5, 0.6) is 0 Å². The highest BCUT2D eigenvalue weighted by Gasteiger charge is 2.31. The summed E-state index contributed by atoms with van der Waals surface area (Å²) in [6.45, 7) is 6.73. The van der Waals surface area contributed by atoms with E-state index < -0.39 is 5.82 Å². The first-order chi connectivity index (χ1) is 15.1. The first-order valence-electron chi connectivity index (χ1n) is 11.2. The normalized spacial score (nSPS) is 19.6. The summed E-state index contributed by atoms with van der Waals surface area (Å²) >= 11 is 0. The molecule has 0 saturated carbocycles. The average Bonchev–Trinajstić information content (AvgIpc) is 3.33. The number of benzene rings is 1. The third kappa shape index (κ3) is 3.96. The third-order valence-electron chi connectivity index (χ3n) is 6.61. The molecule has 3 aliphatic rings. The lowest BCUT2D eigenvalue weighted by Crippen LogP contribution is -2.46. The molecular formula is C23H29FN6O. The van der Waals surface area contributed by atoms with Gasteiger partial charge in [0.1, 0.15) is 11.6 Å². The lowest BCUT2D eigenvalue weighted by Gasteiger charge is -2.37. The van der Waals surface area contributed by atoms with Crippen LogP contribution in [0.1, 0.15) is 34.5 Å². The summed E-state index contributed by atoms with van der Waals surface area (Å²) in [5.74, 6) is 1.03. The molecule has 2 aromatic rings. The van der Waals surface area contributed by atoms with Crippen molar-refractivity contribution in [1.82, 2.24) is 19.8 Å². The number of nitrogens with zero attached hydrogens (tertiary/aromatic N) is 6. The molecular weight excluding hydrogens is 395 g/mol. The van der Waals surface area contributed by atoms with Gasteiger partial charge in [-0.1, -0.05) is 12.1 Å². The SMILES string of the molecule is CN1CCN(c2nc(N3CCCC3)nc3c2CN(C(=O)c2ccccc2F)CC3)CC1. The minimum absolute atomic E-state index is 0.127. The second kappa shape index (κ2) is 8.42. The number of rotatable bonds is 3. The van der Waals surface area contributed by atoms with E-state index in [0.29, 0.717) is 19.5 Å². The lowest BCUT2D eigenvalue weighted by molar-refractivity contribution is 0.0729. The quantitative estimate of drug-likeness (QED) is 0.753. The Kier molecular flexibility index (Phi) is 5.48. The highest BCUT2D eigenvalue weighted by Crippen LogP contribution is 2.31. The van der Waals surface area contributed by atoms with Gasteiger partial charge in [-0.2, -0.15) is 4.98 Å². The minimum Gasteiger partial charge on any atom is -0.354 e. The molecule has 2 fully saturated rings. The van der Waals surface area contributed by atoms with Gasteiger partial charge in [-0.3, -0.25) is 4.79 Å². The van der Waals surface area contributed by atoms with Crippen molar-refractivity contribution in [3.05, 3.63) is 46.9 Å². The number of anilines is 2. The summed E-state index contributed by atoms with van der Waals surface area (Å²) in [5, 5.41) is 0. The molecule has 8 heteroatoms. The van der Waals surface area contributed by atoms with Crippen molar-refractivity contribution in [2.75, 3.05) is 62.7 Å². The number of fused-ring (bicyclic) bond motifs is 1. The van der Waals surface area contributed by atoms with Crippen molar-refractivity contribution in [3.8, 4) is 0 Å². The van der Waals surface area contributed by atoms with Gasteiger partial charge in [0.25, 0.3) is 5.91 Å². The fourth-order valence-corrected chi connectivity index (χ4v) is 4.70. The van der Waals surface area contributed by atoms with Gasteiger partial charge in [-0.25, -0.2) is 9.37 Å². The first kappa shape index (κ1) is 20.2. The summed E-state index contributed by atoms with van der Waals surface area (Å²) in [6, 6.07) is 6.21. The van der Waals surface area contributed by atoms with E-state index in [9.17, 15) is 9.18 Å². The largest absolute Gasteiger partial charge is 0.354 e. The molecule has 0 N–H and O–H groups in total. The Morgan fingerprint density at radius 3 is 2.42 bits per heavy atom. The van der Waals surface area contributed by atoms with E-state index in [1.807, 2.05) is 0 Å². The van der Waals surface area contributed by atoms with Crippen LogP contribution in [0.4, 0.5) is 16.2 Å². The molecule has 31 heavy (non-hydrogen) atoms. The van der Waals surface area contributed by atoms with Crippen LogP contribution in [0.2, 0.25) is 0 Å². The second-order valence-electron chi connectivity index (χ2n) is 8.71. The van der Waals surface area contributed by atoms with Crippen molar-refractivity contribution >= 4 is 17.7 Å². The molecule has 0 spiro atoms. The van der Waals surface area contributed by atoms with Crippen LogP contribution in [-0.2, 0) is 13.0 Å². The smallest absolute Gasteiger partial charge is 0.257 e. The van der Waals surface area contributed by atoms with Gasteiger partial charge < -0.3 is 19.6 Å². The average molecular weight is 425 g/mol. The van der Waals surface area contributed by atoms with E-state index >= 15 is 0 Å². The summed E-state index contributed by atoms with van der Waals surface area (Å²) < 4.78 is 14.2. The molecule has 1 aromatic carbocycles. The van der Waals surface area contributed by atoms with E-state index in [0.717, 1.165) is 62.3 Å². The molecule has 0 unspecified atom stereocenters. The topological polar surface area (TPSA) is 55.8 Å². The zero-order chi connectivity index (χ0) is 21.4. The van der Waals surface area contributed by atoms with Crippen LogP contribution in [0.25, 0.3) is 0 Å². The van der Waals surface area contributed by atoms with E-state index in [2.05, 4.69) is 21.7 Å². The summed E-state index contributed by atoms with van der Waals surface area (Å²) in [4.78, 5) is 31.6. The molecule has 0 radical (unpaired) electrons. The van der Waals surface area contributed by atoms with Crippen LogP contribution in [0.3, 0.4) is 0 Å². The van der Waals surface area contributed by atoms with Gasteiger partial charge in [-0.05, 0) is 32.0 Å². The number of carbonyl (C=O) groups is 1. The number of piperazine rings is 1. The lowest BCUT2D eigenvalue weighted by atomic mass is 10.0. The maximum atomic E-state index is 14.2. The first-order valence-corrected chi connectivity index (χ1v) is 11.2. The molecule has 2 saturated heterocycles. The highest BCUT2D eigenvalue weighted by atomic mass is 19.1. The Balaban J connectivity index is 1.48. The predicted octanol–water partition coefficient (Wildman–Crippen LogP) is 2.17. The van der Waals surface area contributed by atoms with Gasteiger partial charge in [-0.15, -0.1) is 0 Å². The molecule has 3 aliphatic heterocycles. The molecule has 4 heterocycles. The molecule has 0 bridgehead atoms. The van der Waals surface area contributed by atoms with E-state index in [-0.39, 0.29) is 11.5 Å². The molecule has 1 amide bonds. The number of aromatic nitrogens is 2. The van der Waals surface area contributed by atoms with Crippen molar-refractivity contribution in [1.29, 1.82) is 0 Å². The second-order valence-corrected chi connectivity index (χ2v) is 8.71. The van der Waals surface area contributed by atoms with Gasteiger partial charge >= 0.3 is 0 Å². The number of halogens is 1. The van der Waals surface area contributed by atoms with Crippen LogP contribution in [0.15, 0.2) is 24.3 Å². The Hall–Kier alpha value is -2.74. The number of likely N-dealkylation sites (N-methyl/N-ethyl adjacent to an activating group) is 1. The van der Waals surface area contributed by atoms with E-state index in [1.165, 1.54) is 18.9 Å². The fraction of sp³-hybridized carbons (Fsp3) is 0.522. The Bertz CT molecular complexity index is 969. The molecule has 5 rings (SSSR count). The monoisotopic (exact) mass is 424 g/mol. The van der Waals surface area contributed by atoms with Gasteiger partial charge in [0.2, 0.25) is 5.95 Å². The molecule has 0 aliphatic carbocycles. The summed E-state index contributed by atoms with van der Waals surface area (Å²) in [5.41, 5.74) is 2.17. The van der Waals surface area contributed by atoms with Crippen LogP contribution >= 0.6 is 0 Å². The summed E-state index contributed by atoms with van der Waals surface area (Å²) in [7, 11) is 2.14. The van der Waals surface area contributed by atoms with Crippen LogP contribution in [-0.4, -0.2) is 78.5 Å². The Morgan fingerprint density at radius 1 is 0.935 bits per heavy atom. The summed E-state index contributed by atoms with van der Waals surface area (Å²) in [6.07, 6.45) is 3.02. The van der Waals surface area contributed by atoms with Gasteiger partial charge in [0.15, 0.2) is 0 Å². The van der Waals surface area contributed by atoms with Gasteiger partial charge in [0.05, 0.1) is 17.8 Å². The predicted molar refractivity (Wildman–Crippen MR) is 118 cm³/mol. The fourth-order valence-electron chi connectivity index (χ4n) is 4.70. The zero-order valence-electron chi connectivity index (χ0n) is 18.1. The van der Waals surface area contributed by atoms with E-state index in [1.54, 1.807) is 23.1 Å². The van der Waals surface area contributed by atoms with Gasteiger partial charge in [0, 0.05) is 57.8 Å². The number of amides is 1. The van der Waals surface area contributed by atoms with Crippen molar-refractivity contribution in [3.63, 3.8) is 0 Å². The van der Waals surface area contributed by atoms with E-state index in [4.69, 9.17) is 9.97 Å². The number of carbonyl (C=O) groups excluding carboxylic acids is 1. The van der Waals surface area contributed by atoms with Crippen molar-refractivity contribution in [2.24, 2.45) is 0 Å². The Labute approximate surface area is 182 Å². The molecule has 164 valence electrons. The van der Waals surface area contributed by atoms with Crippen molar-refractivity contribution < 1.29 is 9.18 Å². The van der Waals surface area contributed by atoms with Crippen molar-refractivity contribution in [2.45, 2.75) is 25.8 Å². The molecule has 0 atom stereocenters. The van der Waals surface area contributed by atoms with Crippen LogP contribution < -0.4 is 9.80 Å². The van der Waals surface area contributed by atoms with Crippen LogP contribution in [0, 0.1) is 5.82 Å². The minimum atomic E-state index is -0.474. The zero-order valence-corrected chi connectivity index (χ0v) is 18.1. The molecule has 1 aromatic heterocycles. The number of hydrogen-bond donors (Lipinski definition) is 0. The Morgan fingerprint density at radius 2 is 1.68 bits per heavy atom.